The third-order valence-corrected chi connectivity index (χ3v) is 14.5. The number of aromatic amines is 1. The van der Waals surface area contributed by atoms with Crippen LogP contribution < -0.4 is 16.6 Å². The lowest BCUT2D eigenvalue weighted by Crippen LogP contribution is -2.42. The molecule has 4 aromatic rings. The Morgan fingerprint density at radius 3 is 2.12 bits per heavy atom. The van der Waals surface area contributed by atoms with Crippen LogP contribution in [0.3, 0.4) is 0 Å². The summed E-state index contributed by atoms with van der Waals surface area (Å²) in [7, 11) is -1.78. The summed E-state index contributed by atoms with van der Waals surface area (Å²) in [6.45, 7) is 13.0. The number of hydrogen-bond acceptors (Lipinski definition) is 9. The summed E-state index contributed by atoms with van der Waals surface area (Å²) >= 11 is 0. The van der Waals surface area contributed by atoms with Crippen LogP contribution in [0.4, 0.5) is 0 Å². The van der Waals surface area contributed by atoms with E-state index in [4.69, 9.17) is 18.5 Å². The summed E-state index contributed by atoms with van der Waals surface area (Å²) in [5.41, 5.74) is 2.27. The molecule has 3 aromatic carbocycles. The number of amides is 1. The largest absolute Gasteiger partial charge is 0.352 e. The van der Waals surface area contributed by atoms with Gasteiger partial charge in [-0.05, 0) is 94.9 Å². The fourth-order valence-corrected chi connectivity index (χ4v) is 10.9. The molecule has 12 nitrogen and oxygen atoms in total. The molecule has 1 aliphatic heterocycles. The number of hydrogen-bond donors (Lipinski definition) is 2. The van der Waals surface area contributed by atoms with Crippen LogP contribution in [0.5, 0.6) is 0 Å². The second-order valence-corrected chi connectivity index (χ2v) is 18.9. The number of aryl methyl sites for hydroxylation is 2. The number of benzene rings is 3. The van der Waals surface area contributed by atoms with Gasteiger partial charge in [0.05, 0.1) is 24.7 Å². The van der Waals surface area contributed by atoms with E-state index in [0.717, 1.165) is 53.5 Å². The highest BCUT2D eigenvalue weighted by molar-refractivity contribution is 7.44. The Kier molecular flexibility index (Phi) is 15.5. The van der Waals surface area contributed by atoms with Crippen molar-refractivity contribution in [2.45, 2.75) is 116 Å². The van der Waals surface area contributed by atoms with Gasteiger partial charge in [-0.2, -0.15) is 5.26 Å². The van der Waals surface area contributed by atoms with Crippen molar-refractivity contribution in [1.29, 1.82) is 5.26 Å². The van der Waals surface area contributed by atoms with Crippen molar-refractivity contribution in [3.63, 3.8) is 0 Å². The summed E-state index contributed by atoms with van der Waals surface area (Å²) in [4.78, 5) is 42.5. The Morgan fingerprint density at radius 2 is 1.55 bits per heavy atom. The Balaban J connectivity index is 1.25. The lowest BCUT2D eigenvalue weighted by Gasteiger charge is -2.40. The molecule has 336 valence electrons. The van der Waals surface area contributed by atoms with E-state index in [9.17, 15) is 19.6 Å². The van der Waals surface area contributed by atoms with Crippen molar-refractivity contribution >= 4 is 20.5 Å². The molecule has 1 saturated heterocycles. The number of nitrogens with one attached hydrogen (secondary N) is 2. The molecule has 64 heavy (non-hydrogen) atoms. The molecular weight excluding hydrogens is 826 g/mol. The van der Waals surface area contributed by atoms with Gasteiger partial charge < -0.3 is 23.8 Å². The van der Waals surface area contributed by atoms with Crippen molar-refractivity contribution in [3.8, 4) is 17.9 Å². The van der Waals surface area contributed by atoms with Gasteiger partial charge in [0.25, 0.3) is 14.1 Å². The van der Waals surface area contributed by atoms with E-state index in [1.807, 2.05) is 68.4 Å². The molecule has 0 radical (unpaired) electrons. The maximum Gasteiger partial charge on any atom is 0.330 e. The van der Waals surface area contributed by atoms with Crippen molar-refractivity contribution in [2.75, 3.05) is 13.2 Å². The zero-order chi connectivity index (χ0) is 45.4. The topological polar surface area (TPSA) is 148 Å². The fraction of sp³-hybridized carbons (Fsp3) is 0.451. The highest BCUT2D eigenvalue weighted by Gasteiger charge is 2.50. The highest BCUT2D eigenvalue weighted by atomic mass is 31.2. The molecule has 2 unspecified atom stereocenters. The standard InChI is InChI=1S/C51H60N5O7P/c1-34(2)56(35(3)4)64(60-30-14-29-52)63-45-31-47(55-33-38(48(58)54-50(55)59)23-28-46(57)53-32-44-42-17-12-7-8-13-18-43(42)44)61-49(45)62-51(39-15-10-9-11-16-39,40-24-19-36(5)20-25-40)41-26-21-37(6)22-27-41/h9-11,15-16,19-28,33-35,42-45,47,49H,12-14,17-18,30-32H2,1-6H3,(H,53,57)(H,54,58,59)/b28-23+/t42-,43+,44?,45-,47-,49-,64?/m1/s1. The minimum absolute atomic E-state index is 0.0136. The molecule has 13 heteroatoms. The minimum Gasteiger partial charge on any atom is -0.352 e. The summed E-state index contributed by atoms with van der Waals surface area (Å²) in [6.07, 6.45) is 5.49. The first-order chi connectivity index (χ1) is 30.9. The van der Waals surface area contributed by atoms with Gasteiger partial charge in [0.2, 0.25) is 5.91 Å². The average molecular weight is 886 g/mol. The van der Waals surface area contributed by atoms with E-state index in [1.54, 1.807) is 0 Å². The fourth-order valence-electron chi connectivity index (χ4n) is 9.14. The van der Waals surface area contributed by atoms with E-state index in [0.29, 0.717) is 24.3 Å². The zero-order valence-electron chi connectivity index (χ0n) is 37.7. The number of ether oxygens (including phenoxy) is 2. The van der Waals surface area contributed by atoms with Crippen LogP contribution in [0.2, 0.25) is 0 Å². The van der Waals surface area contributed by atoms with E-state index >= 15 is 0 Å². The Morgan fingerprint density at radius 1 is 0.953 bits per heavy atom. The predicted molar refractivity (Wildman–Crippen MR) is 248 cm³/mol. The van der Waals surface area contributed by atoms with Crippen LogP contribution in [0.1, 0.15) is 106 Å². The van der Waals surface area contributed by atoms with E-state index in [1.165, 1.54) is 22.9 Å². The van der Waals surface area contributed by atoms with Gasteiger partial charge in [-0.15, -0.1) is 11.8 Å². The number of aromatic nitrogens is 2. The molecule has 2 heterocycles. The number of carbonyl (C=O) groups excluding carboxylic acids is 1. The molecule has 7 atom stereocenters. The van der Waals surface area contributed by atoms with Crippen LogP contribution in [-0.4, -0.2) is 57.8 Å². The lowest BCUT2D eigenvalue weighted by molar-refractivity contribution is -0.214. The van der Waals surface area contributed by atoms with Gasteiger partial charge in [0.1, 0.15) is 17.9 Å². The lowest BCUT2D eigenvalue weighted by atomic mass is 9.79. The average Bonchev–Trinajstić information content (AvgIpc) is 3.75. The van der Waals surface area contributed by atoms with Crippen molar-refractivity contribution in [3.05, 3.63) is 145 Å². The van der Waals surface area contributed by atoms with Gasteiger partial charge in [0.15, 0.2) is 6.29 Å². The molecule has 2 N–H and O–H groups in total. The molecule has 3 aliphatic rings. The minimum atomic E-state index is -1.78. The van der Waals surface area contributed by atoms with Crippen LogP contribution in [0, 0.1) is 54.8 Å². The van der Waals surface area contributed by atoms with Gasteiger partial charge in [-0.3, -0.25) is 19.1 Å². The quantitative estimate of drug-likeness (QED) is 0.0330. The number of carbonyl (C=O) groups is 1. The van der Waals surface area contributed by atoms with Crippen LogP contribution in [0.25, 0.3) is 6.08 Å². The van der Waals surface area contributed by atoms with E-state index in [-0.39, 0.29) is 43.0 Å². The smallest absolute Gasteiger partial charge is 0.330 e. The van der Waals surface area contributed by atoms with Gasteiger partial charge in [-0.1, -0.05) is 90.0 Å². The Labute approximate surface area is 377 Å². The van der Waals surface area contributed by atoms with Crippen LogP contribution in [0.15, 0.2) is 101 Å². The Hall–Kier alpha value is -5.17. The number of fused-ring (bicyclic) bond motifs is 1. The summed E-state index contributed by atoms with van der Waals surface area (Å²) < 4.78 is 31.2. The third-order valence-electron chi connectivity index (χ3n) is 12.4. The molecule has 1 amide bonds. The molecule has 7 rings (SSSR count). The first-order valence-electron chi connectivity index (χ1n) is 22.4. The number of H-pyrrole nitrogens is 1. The van der Waals surface area contributed by atoms with Gasteiger partial charge >= 0.3 is 5.69 Å². The first kappa shape index (κ1) is 46.8. The van der Waals surface area contributed by atoms with Gasteiger partial charge in [0, 0.05) is 50.2 Å². The number of rotatable bonds is 18. The second-order valence-electron chi connectivity index (χ2n) is 17.5. The molecular formula is C51H60N5O7P. The van der Waals surface area contributed by atoms with E-state index in [2.05, 4.69) is 84.8 Å². The van der Waals surface area contributed by atoms with Crippen molar-refractivity contribution in [1.82, 2.24) is 19.5 Å². The Bertz CT molecular complexity index is 2400. The second kappa shape index (κ2) is 21.2. The molecule has 0 spiro atoms. The number of nitriles is 1. The summed E-state index contributed by atoms with van der Waals surface area (Å²) in [5, 5.41) is 12.5. The number of nitrogens with zero attached hydrogens (tertiary/aromatic N) is 3. The van der Waals surface area contributed by atoms with Crippen molar-refractivity contribution in [2.24, 2.45) is 17.8 Å². The normalized spacial score (nSPS) is 22.4. The summed E-state index contributed by atoms with van der Waals surface area (Å²) in [5.74, 6) is 7.73. The van der Waals surface area contributed by atoms with Gasteiger partial charge in [-0.25, -0.2) is 9.46 Å². The first-order valence-corrected chi connectivity index (χ1v) is 23.6. The maximum absolute atomic E-state index is 13.8. The SMILES string of the molecule is Cc1ccc(C(O[C@H]2O[C@@H](n3cc(/C=C/C(=O)NCC4[C@H]5CCC#CCC[C@@H]45)c(=O)[nH]c3=O)C[C@H]2OP(OCCC#N)N(C(C)C)C(C)C)(c2ccccc2)c2ccc(C)cc2)cc1. The molecule has 0 bridgehead atoms. The van der Waals surface area contributed by atoms with Crippen molar-refractivity contribution < 1.29 is 23.3 Å². The molecule has 1 saturated carbocycles. The summed E-state index contributed by atoms with van der Waals surface area (Å²) in [6, 6.07) is 28.6. The predicted octanol–water partition coefficient (Wildman–Crippen LogP) is 8.64. The zero-order valence-corrected chi connectivity index (χ0v) is 38.6. The van der Waals surface area contributed by atoms with Crippen LogP contribution >= 0.6 is 8.53 Å². The highest BCUT2D eigenvalue weighted by Crippen LogP contribution is 2.53. The van der Waals surface area contributed by atoms with Crippen LogP contribution in [-0.2, 0) is 28.9 Å². The molecule has 2 fully saturated rings. The molecule has 1 aromatic heterocycles. The third kappa shape index (κ3) is 10.8. The maximum atomic E-state index is 13.8. The monoisotopic (exact) mass is 885 g/mol. The molecule has 2 aliphatic carbocycles. The van der Waals surface area contributed by atoms with E-state index < -0.39 is 44.0 Å².